The van der Waals surface area contributed by atoms with Gasteiger partial charge in [0.15, 0.2) is 0 Å². The highest BCUT2D eigenvalue weighted by molar-refractivity contribution is 5.87. The molecule has 0 spiro atoms. The summed E-state index contributed by atoms with van der Waals surface area (Å²) in [6.07, 6.45) is 8.99. The van der Waals surface area contributed by atoms with Crippen molar-refractivity contribution in [3.8, 4) is 0 Å². The van der Waals surface area contributed by atoms with Crippen LogP contribution in [0.2, 0.25) is 0 Å². The van der Waals surface area contributed by atoms with E-state index in [4.69, 9.17) is 0 Å². The molecule has 1 aliphatic rings. The van der Waals surface area contributed by atoms with Crippen LogP contribution < -0.4 is 5.32 Å². The number of hydrogen-bond donors (Lipinski definition) is 1. The van der Waals surface area contributed by atoms with Gasteiger partial charge < -0.3 is 5.32 Å². The number of carbonyl (C=O) groups is 1. The minimum atomic E-state index is -0.0377. The molecular formula is C11H17NO. The summed E-state index contributed by atoms with van der Waals surface area (Å²) in [5.41, 5.74) is 1.15. The van der Waals surface area contributed by atoms with E-state index in [0.717, 1.165) is 5.57 Å². The Morgan fingerprint density at radius 1 is 1.23 bits per heavy atom. The van der Waals surface area contributed by atoms with Crippen molar-refractivity contribution in [3.05, 3.63) is 36.0 Å². The molecule has 0 aromatic heterocycles. The van der Waals surface area contributed by atoms with Crippen LogP contribution in [0.1, 0.15) is 20.8 Å². The van der Waals surface area contributed by atoms with E-state index in [-0.39, 0.29) is 5.91 Å². The molecule has 0 unspecified atom stereocenters. The number of hydrogen-bond acceptors (Lipinski definition) is 1. The maximum absolute atomic E-state index is 10.9. The Balaban J connectivity index is 0.000000671. The molecule has 0 saturated carbocycles. The van der Waals surface area contributed by atoms with E-state index in [9.17, 15) is 4.79 Å². The fourth-order valence-corrected chi connectivity index (χ4v) is 0.771. The first-order valence-electron chi connectivity index (χ1n) is 4.57. The summed E-state index contributed by atoms with van der Waals surface area (Å²) in [4.78, 5) is 10.9. The molecular weight excluding hydrogens is 162 g/mol. The Morgan fingerprint density at radius 3 is 2.62 bits per heavy atom. The topological polar surface area (TPSA) is 29.1 Å². The number of amides is 1. The van der Waals surface area contributed by atoms with Crippen LogP contribution in [0, 0.1) is 0 Å². The lowest BCUT2D eigenvalue weighted by Gasteiger charge is -1.99. The van der Waals surface area contributed by atoms with Gasteiger partial charge in [-0.1, -0.05) is 43.7 Å². The standard InChI is InChI=1S/C9H11NO.C2H6/c1-8-5-3-2-4-6-9(11)10-7-8;1-2/h2-6H,7H2,1H3,(H,10,11);1-2H3/b3-2-,6-4+,8-5+;. The summed E-state index contributed by atoms with van der Waals surface area (Å²) in [6, 6.07) is 0. The van der Waals surface area contributed by atoms with E-state index in [1.807, 2.05) is 39.0 Å². The van der Waals surface area contributed by atoms with Gasteiger partial charge in [0.1, 0.15) is 0 Å². The first kappa shape index (κ1) is 11.7. The molecule has 1 N–H and O–H groups in total. The molecule has 1 aliphatic heterocycles. The predicted molar refractivity (Wildman–Crippen MR) is 56.4 cm³/mol. The zero-order valence-electron chi connectivity index (χ0n) is 8.50. The molecule has 2 heteroatoms. The summed E-state index contributed by atoms with van der Waals surface area (Å²) < 4.78 is 0. The molecule has 0 aromatic carbocycles. The fourth-order valence-electron chi connectivity index (χ4n) is 0.771. The average molecular weight is 179 g/mol. The van der Waals surface area contributed by atoms with Gasteiger partial charge in [-0.05, 0) is 6.92 Å². The Hall–Kier alpha value is -1.31. The lowest BCUT2D eigenvalue weighted by Crippen LogP contribution is -2.22. The summed E-state index contributed by atoms with van der Waals surface area (Å²) in [5, 5.41) is 2.74. The smallest absolute Gasteiger partial charge is 0.244 e. The third-order valence-electron chi connectivity index (χ3n) is 1.39. The molecule has 0 radical (unpaired) electrons. The van der Waals surface area contributed by atoms with Crippen LogP contribution in [0.25, 0.3) is 0 Å². The molecule has 72 valence electrons. The molecule has 0 saturated heterocycles. The maximum atomic E-state index is 10.9. The number of nitrogens with one attached hydrogen (secondary N) is 1. The number of carbonyl (C=O) groups excluding carboxylic acids is 1. The molecule has 0 atom stereocenters. The molecule has 1 rings (SSSR count). The van der Waals surface area contributed by atoms with Gasteiger partial charge >= 0.3 is 0 Å². The highest BCUT2D eigenvalue weighted by atomic mass is 16.1. The normalized spacial score (nSPS) is 24.5. The minimum Gasteiger partial charge on any atom is -0.349 e. The monoisotopic (exact) mass is 179 g/mol. The lowest BCUT2D eigenvalue weighted by molar-refractivity contribution is -0.116. The van der Waals surface area contributed by atoms with E-state index in [1.54, 1.807) is 6.08 Å². The highest BCUT2D eigenvalue weighted by Gasteiger charge is 1.94. The van der Waals surface area contributed by atoms with E-state index >= 15 is 0 Å². The van der Waals surface area contributed by atoms with Gasteiger partial charge in [-0.3, -0.25) is 4.79 Å². The van der Waals surface area contributed by atoms with Crippen molar-refractivity contribution in [1.82, 2.24) is 5.32 Å². The Bertz CT molecular complexity index is 236. The van der Waals surface area contributed by atoms with Crippen LogP contribution in [0.5, 0.6) is 0 Å². The van der Waals surface area contributed by atoms with Crippen LogP contribution in [0.4, 0.5) is 0 Å². The fraction of sp³-hybridized carbons (Fsp3) is 0.364. The highest BCUT2D eigenvalue weighted by Crippen LogP contribution is 1.93. The zero-order valence-corrected chi connectivity index (χ0v) is 8.50. The molecule has 1 heterocycles. The van der Waals surface area contributed by atoms with Gasteiger partial charge in [-0.2, -0.15) is 0 Å². The van der Waals surface area contributed by atoms with Gasteiger partial charge in [-0.15, -0.1) is 0 Å². The van der Waals surface area contributed by atoms with Gasteiger partial charge in [0.05, 0.1) is 0 Å². The van der Waals surface area contributed by atoms with Crippen LogP contribution in [-0.4, -0.2) is 12.5 Å². The first-order valence-corrected chi connectivity index (χ1v) is 4.57. The van der Waals surface area contributed by atoms with E-state index < -0.39 is 0 Å². The van der Waals surface area contributed by atoms with Crippen LogP contribution in [0.3, 0.4) is 0 Å². The lowest BCUT2D eigenvalue weighted by atomic mass is 10.3. The second-order valence-electron chi connectivity index (χ2n) is 2.47. The van der Waals surface area contributed by atoms with Crippen molar-refractivity contribution < 1.29 is 4.79 Å². The molecule has 0 aliphatic carbocycles. The van der Waals surface area contributed by atoms with E-state index in [2.05, 4.69) is 5.32 Å². The SMILES string of the molecule is CC.C\C1=C/C=C\C=C\C(=O)NC1. The largest absolute Gasteiger partial charge is 0.349 e. The second-order valence-corrected chi connectivity index (χ2v) is 2.47. The zero-order chi connectivity index (χ0) is 10.1. The van der Waals surface area contributed by atoms with Gasteiger partial charge in [0, 0.05) is 12.6 Å². The van der Waals surface area contributed by atoms with Gasteiger partial charge in [-0.25, -0.2) is 0 Å². The number of rotatable bonds is 0. The summed E-state index contributed by atoms with van der Waals surface area (Å²) in [5.74, 6) is -0.0377. The Morgan fingerprint density at radius 2 is 1.92 bits per heavy atom. The van der Waals surface area contributed by atoms with Crippen molar-refractivity contribution in [3.63, 3.8) is 0 Å². The van der Waals surface area contributed by atoms with E-state index in [1.165, 1.54) is 6.08 Å². The van der Waals surface area contributed by atoms with Crippen LogP contribution >= 0.6 is 0 Å². The predicted octanol–water partition coefficient (Wildman–Crippen LogP) is 2.20. The van der Waals surface area contributed by atoms with Crippen molar-refractivity contribution in [2.45, 2.75) is 20.8 Å². The van der Waals surface area contributed by atoms with Crippen molar-refractivity contribution in [2.75, 3.05) is 6.54 Å². The van der Waals surface area contributed by atoms with E-state index in [0.29, 0.717) is 6.54 Å². The quantitative estimate of drug-likeness (QED) is 0.607. The molecule has 0 bridgehead atoms. The minimum absolute atomic E-state index is 0.0377. The third kappa shape index (κ3) is 5.91. The summed E-state index contributed by atoms with van der Waals surface area (Å²) >= 11 is 0. The van der Waals surface area contributed by atoms with Crippen molar-refractivity contribution in [2.24, 2.45) is 0 Å². The average Bonchev–Trinajstić information content (AvgIpc) is 2.24. The second kappa shape index (κ2) is 7.35. The third-order valence-corrected chi connectivity index (χ3v) is 1.39. The molecule has 1 amide bonds. The van der Waals surface area contributed by atoms with Crippen molar-refractivity contribution in [1.29, 1.82) is 0 Å². The molecule has 0 fully saturated rings. The van der Waals surface area contributed by atoms with Crippen LogP contribution in [0.15, 0.2) is 36.0 Å². The molecule has 0 aromatic rings. The first-order chi connectivity index (χ1) is 6.29. The number of allylic oxidation sites excluding steroid dienone is 4. The summed E-state index contributed by atoms with van der Waals surface area (Å²) in [7, 11) is 0. The summed E-state index contributed by atoms with van der Waals surface area (Å²) in [6.45, 7) is 6.61. The molecule has 2 nitrogen and oxygen atoms in total. The van der Waals surface area contributed by atoms with Crippen molar-refractivity contribution >= 4 is 5.91 Å². The van der Waals surface area contributed by atoms with Crippen LogP contribution in [-0.2, 0) is 4.79 Å². The van der Waals surface area contributed by atoms with Gasteiger partial charge in [0.25, 0.3) is 0 Å². The maximum Gasteiger partial charge on any atom is 0.244 e. The Kier molecular flexibility index (Phi) is 6.60. The molecule has 13 heavy (non-hydrogen) atoms. The van der Waals surface area contributed by atoms with Gasteiger partial charge in [0.2, 0.25) is 5.91 Å². The Labute approximate surface area is 80.0 Å².